The van der Waals surface area contributed by atoms with Gasteiger partial charge in [0.2, 0.25) is 11.7 Å². The summed E-state index contributed by atoms with van der Waals surface area (Å²) in [7, 11) is 0. The highest BCUT2D eigenvalue weighted by molar-refractivity contribution is 6.38. The summed E-state index contributed by atoms with van der Waals surface area (Å²) in [5, 5.41) is 7.82. The minimum absolute atomic E-state index is 0.0662. The van der Waals surface area contributed by atoms with Crippen LogP contribution in [0.1, 0.15) is 43.5 Å². The Kier molecular flexibility index (Phi) is 8.73. The van der Waals surface area contributed by atoms with Crippen LogP contribution in [-0.4, -0.2) is 40.8 Å². The Morgan fingerprint density at radius 2 is 1.91 bits per heavy atom. The molecule has 9 heteroatoms. The molecular formula is C25H30N4O5. The third-order valence-electron chi connectivity index (χ3n) is 5.63. The van der Waals surface area contributed by atoms with Gasteiger partial charge in [0, 0.05) is 6.20 Å². The number of amides is 3. The molecule has 180 valence electrons. The highest BCUT2D eigenvalue weighted by atomic mass is 16.5. The molecule has 3 amide bonds. The highest BCUT2D eigenvalue weighted by Crippen LogP contribution is 2.14. The lowest BCUT2D eigenvalue weighted by atomic mass is 9.97. The van der Waals surface area contributed by atoms with Gasteiger partial charge in [0.15, 0.2) is 0 Å². The van der Waals surface area contributed by atoms with Crippen LogP contribution >= 0.6 is 0 Å². The molecule has 3 rings (SSSR count). The van der Waals surface area contributed by atoms with Crippen molar-refractivity contribution in [2.45, 2.75) is 58.3 Å². The number of aryl methyl sites for hydroxylation is 1. The Balaban J connectivity index is 1.62. The fraction of sp³-hybridized carbons (Fsp3) is 0.400. The molecule has 1 aromatic carbocycles. The van der Waals surface area contributed by atoms with E-state index >= 15 is 0 Å². The zero-order valence-corrected chi connectivity index (χ0v) is 19.4. The smallest absolute Gasteiger partial charge is 0.408 e. The van der Waals surface area contributed by atoms with E-state index in [1.807, 2.05) is 42.5 Å². The topological polar surface area (TPSA) is 126 Å². The average molecular weight is 467 g/mol. The van der Waals surface area contributed by atoms with E-state index in [0.717, 1.165) is 16.8 Å². The summed E-state index contributed by atoms with van der Waals surface area (Å²) in [6.45, 7) is 3.75. The van der Waals surface area contributed by atoms with Crippen molar-refractivity contribution in [2.24, 2.45) is 5.92 Å². The van der Waals surface area contributed by atoms with Gasteiger partial charge in [-0.1, -0.05) is 50.2 Å². The maximum atomic E-state index is 13.0. The van der Waals surface area contributed by atoms with Gasteiger partial charge in [0.25, 0.3) is 5.91 Å². The zero-order valence-electron chi connectivity index (χ0n) is 19.4. The van der Waals surface area contributed by atoms with Crippen LogP contribution in [0, 0.1) is 5.92 Å². The summed E-state index contributed by atoms with van der Waals surface area (Å²) >= 11 is 0. The molecule has 0 radical (unpaired) electrons. The van der Waals surface area contributed by atoms with Crippen LogP contribution in [0.3, 0.4) is 0 Å². The molecule has 0 aliphatic carbocycles. The molecule has 1 aliphatic heterocycles. The first-order chi connectivity index (χ1) is 16.3. The molecule has 0 saturated carbocycles. The van der Waals surface area contributed by atoms with Crippen LogP contribution in [0.25, 0.3) is 0 Å². The van der Waals surface area contributed by atoms with Crippen molar-refractivity contribution in [3.05, 3.63) is 65.5 Å². The van der Waals surface area contributed by atoms with Crippen LogP contribution in [0.4, 0.5) is 4.79 Å². The second kappa shape index (κ2) is 11.9. The van der Waals surface area contributed by atoms with E-state index in [4.69, 9.17) is 4.74 Å². The summed E-state index contributed by atoms with van der Waals surface area (Å²) in [4.78, 5) is 54.7. The molecule has 2 unspecified atom stereocenters. The zero-order chi connectivity index (χ0) is 24.5. The first-order valence-electron chi connectivity index (χ1n) is 11.4. The molecule has 0 fully saturated rings. The van der Waals surface area contributed by atoms with E-state index in [-0.39, 0.29) is 25.5 Å². The maximum Gasteiger partial charge on any atom is 0.408 e. The van der Waals surface area contributed by atoms with E-state index in [0.29, 0.717) is 12.8 Å². The number of fused-ring (bicyclic) bond motifs is 1. The molecule has 2 atom stereocenters. The van der Waals surface area contributed by atoms with Gasteiger partial charge in [-0.2, -0.15) is 0 Å². The van der Waals surface area contributed by atoms with Gasteiger partial charge >= 0.3 is 6.09 Å². The first kappa shape index (κ1) is 24.9. The number of hydrogen-bond acceptors (Lipinski definition) is 6. The summed E-state index contributed by atoms with van der Waals surface area (Å²) in [6.07, 6.45) is 2.44. The Labute approximate surface area is 198 Å². The number of benzene rings is 1. The highest BCUT2D eigenvalue weighted by Gasteiger charge is 2.32. The molecular weight excluding hydrogens is 436 g/mol. The normalized spacial score (nSPS) is 17.2. The lowest BCUT2D eigenvalue weighted by Gasteiger charge is -2.25. The number of pyridine rings is 1. The number of carbonyl (C=O) groups is 4. The van der Waals surface area contributed by atoms with E-state index in [9.17, 15) is 19.2 Å². The average Bonchev–Trinajstić information content (AvgIpc) is 2.84. The molecule has 9 nitrogen and oxygen atoms in total. The predicted octanol–water partition coefficient (Wildman–Crippen LogP) is 2.04. The van der Waals surface area contributed by atoms with Crippen molar-refractivity contribution >= 4 is 23.7 Å². The quantitative estimate of drug-likeness (QED) is 0.559. The van der Waals surface area contributed by atoms with Crippen molar-refractivity contribution in [3.63, 3.8) is 0 Å². The van der Waals surface area contributed by atoms with Gasteiger partial charge in [-0.15, -0.1) is 0 Å². The summed E-state index contributed by atoms with van der Waals surface area (Å²) in [6, 6.07) is 11.0. The second-order valence-electron chi connectivity index (χ2n) is 8.54. The van der Waals surface area contributed by atoms with Crippen molar-refractivity contribution in [1.29, 1.82) is 0 Å². The van der Waals surface area contributed by atoms with Gasteiger partial charge in [-0.25, -0.2) is 4.79 Å². The number of carbonyl (C=O) groups excluding carboxylic acids is 4. The number of Topliss-reactive ketones (excluding diaryl/α,β-unsaturated/α-hetero) is 1. The lowest BCUT2D eigenvalue weighted by Crippen LogP contribution is -2.55. The van der Waals surface area contributed by atoms with Crippen molar-refractivity contribution in [2.75, 3.05) is 0 Å². The van der Waals surface area contributed by atoms with E-state index in [2.05, 4.69) is 20.9 Å². The van der Waals surface area contributed by atoms with Crippen LogP contribution in [0.5, 0.6) is 0 Å². The predicted molar refractivity (Wildman–Crippen MR) is 124 cm³/mol. The van der Waals surface area contributed by atoms with Gasteiger partial charge in [0.05, 0.1) is 18.3 Å². The Hall–Kier alpha value is -3.75. The molecule has 0 saturated heterocycles. The number of ether oxygens (including phenoxy) is 1. The summed E-state index contributed by atoms with van der Waals surface area (Å²) in [5.74, 6) is -2.32. The fourth-order valence-corrected chi connectivity index (χ4v) is 3.72. The third kappa shape index (κ3) is 6.87. The molecule has 3 N–H and O–H groups in total. The van der Waals surface area contributed by atoms with E-state index in [1.54, 1.807) is 20.0 Å². The first-order valence-corrected chi connectivity index (χ1v) is 11.4. The molecule has 2 aromatic rings. The van der Waals surface area contributed by atoms with Crippen LogP contribution < -0.4 is 16.0 Å². The SMILES string of the molecule is CC(C)C(NC(=O)OCc1ccccc1)C(=O)NC1CCCc2cccnc2CNC(=O)C1=O. The number of hydrogen-bond donors (Lipinski definition) is 3. The van der Waals surface area contributed by atoms with Crippen molar-refractivity contribution in [1.82, 2.24) is 20.9 Å². The summed E-state index contributed by atoms with van der Waals surface area (Å²) < 4.78 is 5.22. The summed E-state index contributed by atoms with van der Waals surface area (Å²) in [5.41, 5.74) is 2.53. The van der Waals surface area contributed by atoms with Gasteiger partial charge in [-0.3, -0.25) is 19.4 Å². The van der Waals surface area contributed by atoms with E-state index < -0.39 is 35.8 Å². The minimum atomic E-state index is -0.992. The maximum absolute atomic E-state index is 13.0. The molecule has 1 aromatic heterocycles. The van der Waals surface area contributed by atoms with Gasteiger partial charge in [-0.05, 0) is 42.4 Å². The van der Waals surface area contributed by atoms with Crippen LogP contribution in [0.2, 0.25) is 0 Å². The molecule has 2 heterocycles. The van der Waals surface area contributed by atoms with Gasteiger partial charge in [0.1, 0.15) is 12.6 Å². The molecule has 34 heavy (non-hydrogen) atoms. The number of ketones is 1. The lowest BCUT2D eigenvalue weighted by molar-refractivity contribution is -0.140. The monoisotopic (exact) mass is 466 g/mol. The Morgan fingerprint density at radius 1 is 1.15 bits per heavy atom. The van der Waals surface area contributed by atoms with Crippen molar-refractivity contribution in [3.8, 4) is 0 Å². The molecule has 1 aliphatic rings. The standard InChI is InChI=1S/C25H30N4O5/c1-16(2)21(29-25(33)34-15-17-8-4-3-5-9-17)23(31)28-19-12-6-10-18-11-7-13-26-20(18)14-27-24(32)22(19)30/h3-5,7-9,11,13,16,19,21H,6,10,12,14-15H2,1-2H3,(H,27,32)(H,28,31)(H,29,33). The number of alkyl carbamates (subject to hydrolysis) is 1. The van der Waals surface area contributed by atoms with Gasteiger partial charge < -0.3 is 20.7 Å². The van der Waals surface area contributed by atoms with Crippen LogP contribution in [-0.2, 0) is 38.7 Å². The Morgan fingerprint density at radius 3 is 2.65 bits per heavy atom. The number of nitrogens with one attached hydrogen (secondary N) is 3. The minimum Gasteiger partial charge on any atom is -0.445 e. The number of aromatic nitrogens is 1. The third-order valence-corrected chi connectivity index (χ3v) is 5.63. The fourth-order valence-electron chi connectivity index (χ4n) is 3.72. The number of nitrogens with zero attached hydrogens (tertiary/aromatic N) is 1. The largest absolute Gasteiger partial charge is 0.445 e. The van der Waals surface area contributed by atoms with Crippen molar-refractivity contribution < 1.29 is 23.9 Å². The van der Waals surface area contributed by atoms with E-state index in [1.165, 1.54) is 0 Å². The Bertz CT molecular complexity index is 1020. The second-order valence-corrected chi connectivity index (χ2v) is 8.54. The molecule has 0 bridgehead atoms. The molecule has 0 spiro atoms. The van der Waals surface area contributed by atoms with Crippen LogP contribution in [0.15, 0.2) is 48.7 Å². The number of rotatable bonds is 6.